The van der Waals surface area contributed by atoms with Gasteiger partial charge in [-0.1, -0.05) is 12.1 Å². The number of amides is 1. The summed E-state index contributed by atoms with van der Waals surface area (Å²) in [6, 6.07) is 5.94. The van der Waals surface area contributed by atoms with E-state index in [-0.39, 0.29) is 5.91 Å². The summed E-state index contributed by atoms with van der Waals surface area (Å²) < 4.78 is 5.60. The fourth-order valence-electron chi connectivity index (χ4n) is 1.87. The van der Waals surface area contributed by atoms with E-state index in [1.807, 2.05) is 32.0 Å². The topological polar surface area (TPSA) is 77.2 Å². The van der Waals surface area contributed by atoms with Crippen LogP contribution in [-0.4, -0.2) is 17.5 Å². The molecule has 21 heavy (non-hydrogen) atoms. The van der Waals surface area contributed by atoms with Crippen molar-refractivity contribution in [3.63, 3.8) is 0 Å². The molecule has 5 nitrogen and oxygen atoms in total. The molecule has 1 heterocycles. The monoisotopic (exact) mass is 305 g/mol. The number of aromatic nitrogens is 1. The lowest BCUT2D eigenvalue weighted by molar-refractivity contribution is 0.0946. The van der Waals surface area contributed by atoms with Gasteiger partial charge in [-0.15, -0.1) is 11.3 Å². The van der Waals surface area contributed by atoms with Gasteiger partial charge in [0.15, 0.2) is 0 Å². The highest BCUT2D eigenvalue weighted by Crippen LogP contribution is 2.20. The third-order valence-corrected chi connectivity index (χ3v) is 3.79. The van der Waals surface area contributed by atoms with Crippen LogP contribution in [0.5, 0.6) is 5.75 Å². The first-order valence-electron chi connectivity index (χ1n) is 6.79. The highest BCUT2D eigenvalue weighted by atomic mass is 32.1. The zero-order chi connectivity index (χ0) is 15.2. The number of hydrogen-bond donors (Lipinski definition) is 2. The number of benzene rings is 1. The first kappa shape index (κ1) is 15.5. The molecule has 0 saturated heterocycles. The first-order chi connectivity index (χ1) is 10.1. The average Bonchev–Trinajstić information content (AvgIpc) is 2.95. The van der Waals surface area contributed by atoms with Crippen LogP contribution in [0.1, 0.15) is 33.5 Å². The molecule has 0 fully saturated rings. The second-order valence-electron chi connectivity index (χ2n) is 4.56. The summed E-state index contributed by atoms with van der Waals surface area (Å²) in [6.45, 7) is 5.30. The maximum Gasteiger partial charge on any atom is 0.271 e. The minimum atomic E-state index is -0.200. The molecular formula is C15H19N3O2S. The van der Waals surface area contributed by atoms with Crippen LogP contribution in [0.4, 0.5) is 0 Å². The number of thiazole rings is 1. The summed E-state index contributed by atoms with van der Waals surface area (Å²) in [5.74, 6) is 0.604. The predicted octanol–water partition coefficient (Wildman–Crippen LogP) is 2.24. The largest absolute Gasteiger partial charge is 0.494 e. The third-order valence-electron chi connectivity index (χ3n) is 2.92. The lowest BCUT2D eigenvalue weighted by atomic mass is 10.1. The smallest absolute Gasteiger partial charge is 0.271 e. The molecule has 0 aliphatic carbocycles. The number of nitrogens with one attached hydrogen (secondary N) is 1. The fraction of sp³-hybridized carbons (Fsp3) is 0.333. The Morgan fingerprint density at radius 3 is 2.95 bits per heavy atom. The number of rotatable bonds is 6. The lowest BCUT2D eigenvalue weighted by Gasteiger charge is -2.11. The lowest BCUT2D eigenvalue weighted by Crippen LogP contribution is -2.23. The van der Waals surface area contributed by atoms with Gasteiger partial charge in [-0.2, -0.15) is 0 Å². The number of ether oxygens (including phenoxy) is 1. The average molecular weight is 305 g/mol. The van der Waals surface area contributed by atoms with Crippen molar-refractivity contribution in [2.75, 3.05) is 6.61 Å². The van der Waals surface area contributed by atoms with Crippen LogP contribution in [0.3, 0.4) is 0 Å². The standard InChI is InChI=1S/C15H19N3O2S/c1-3-20-13-6-10(2)4-5-11(13)8-17-15(19)12-9-21-14(7-16)18-12/h4-6,9H,3,7-8,16H2,1-2H3,(H,17,19). The van der Waals surface area contributed by atoms with E-state index in [2.05, 4.69) is 10.3 Å². The Morgan fingerprint density at radius 2 is 2.29 bits per heavy atom. The van der Waals surface area contributed by atoms with E-state index in [1.165, 1.54) is 11.3 Å². The van der Waals surface area contributed by atoms with Crippen molar-refractivity contribution < 1.29 is 9.53 Å². The number of hydrogen-bond acceptors (Lipinski definition) is 5. The number of nitrogens with zero attached hydrogens (tertiary/aromatic N) is 1. The van der Waals surface area contributed by atoms with E-state index in [9.17, 15) is 4.79 Å². The normalized spacial score (nSPS) is 10.4. The maximum absolute atomic E-state index is 12.0. The first-order valence-corrected chi connectivity index (χ1v) is 7.67. The van der Waals surface area contributed by atoms with Gasteiger partial charge in [0.1, 0.15) is 16.5 Å². The van der Waals surface area contributed by atoms with Crippen LogP contribution < -0.4 is 15.8 Å². The van der Waals surface area contributed by atoms with E-state index in [1.54, 1.807) is 5.38 Å². The molecule has 3 N–H and O–H groups in total. The van der Waals surface area contributed by atoms with Gasteiger partial charge in [-0.3, -0.25) is 4.79 Å². The van der Waals surface area contributed by atoms with E-state index in [0.717, 1.165) is 21.9 Å². The molecule has 6 heteroatoms. The van der Waals surface area contributed by atoms with Gasteiger partial charge in [0, 0.05) is 24.0 Å². The van der Waals surface area contributed by atoms with E-state index < -0.39 is 0 Å². The molecule has 112 valence electrons. The number of carbonyl (C=O) groups excluding carboxylic acids is 1. The quantitative estimate of drug-likeness (QED) is 0.858. The van der Waals surface area contributed by atoms with E-state index in [4.69, 9.17) is 10.5 Å². The molecule has 0 unspecified atom stereocenters. The molecule has 0 aliphatic rings. The molecular weight excluding hydrogens is 286 g/mol. The second kappa shape index (κ2) is 7.19. The van der Waals surface area contributed by atoms with Gasteiger partial charge in [0.05, 0.1) is 6.61 Å². The van der Waals surface area contributed by atoms with Crippen molar-refractivity contribution >= 4 is 17.2 Å². The van der Waals surface area contributed by atoms with Crippen LogP contribution in [0.2, 0.25) is 0 Å². The molecule has 1 aromatic carbocycles. The van der Waals surface area contributed by atoms with Crippen molar-refractivity contribution in [3.05, 3.63) is 45.4 Å². The maximum atomic E-state index is 12.0. The van der Waals surface area contributed by atoms with Crippen molar-refractivity contribution in [3.8, 4) is 5.75 Å². The molecule has 1 amide bonds. The molecule has 1 aromatic heterocycles. The molecule has 0 spiro atoms. The zero-order valence-electron chi connectivity index (χ0n) is 12.2. The molecule has 0 bridgehead atoms. The van der Waals surface area contributed by atoms with Gasteiger partial charge < -0.3 is 15.8 Å². The Kier molecular flexibility index (Phi) is 5.30. The van der Waals surface area contributed by atoms with Crippen LogP contribution in [-0.2, 0) is 13.1 Å². The predicted molar refractivity (Wildman–Crippen MR) is 83.5 cm³/mol. The summed E-state index contributed by atoms with van der Waals surface area (Å²) in [4.78, 5) is 16.2. The highest BCUT2D eigenvalue weighted by molar-refractivity contribution is 7.09. The summed E-state index contributed by atoms with van der Waals surface area (Å²) in [7, 11) is 0. The number of aryl methyl sites for hydroxylation is 1. The van der Waals surface area contributed by atoms with Crippen molar-refractivity contribution in [2.24, 2.45) is 5.73 Å². The van der Waals surface area contributed by atoms with Crippen LogP contribution >= 0.6 is 11.3 Å². The van der Waals surface area contributed by atoms with Crippen LogP contribution in [0.15, 0.2) is 23.6 Å². The number of carbonyl (C=O) groups is 1. The van der Waals surface area contributed by atoms with Crippen molar-refractivity contribution in [2.45, 2.75) is 26.9 Å². The number of nitrogens with two attached hydrogens (primary N) is 1. The molecule has 2 rings (SSSR count). The summed E-state index contributed by atoms with van der Waals surface area (Å²) in [5.41, 5.74) is 7.98. The molecule has 2 aromatic rings. The Morgan fingerprint density at radius 1 is 1.48 bits per heavy atom. The van der Waals surface area contributed by atoms with Gasteiger partial charge in [0.25, 0.3) is 5.91 Å². The molecule has 0 saturated carbocycles. The zero-order valence-corrected chi connectivity index (χ0v) is 13.0. The Balaban J connectivity index is 2.03. The molecule has 0 atom stereocenters. The van der Waals surface area contributed by atoms with E-state index in [0.29, 0.717) is 25.4 Å². The Bertz CT molecular complexity index is 625. The summed E-state index contributed by atoms with van der Waals surface area (Å²) in [5, 5.41) is 5.33. The van der Waals surface area contributed by atoms with Gasteiger partial charge >= 0.3 is 0 Å². The Hall–Kier alpha value is -1.92. The highest BCUT2D eigenvalue weighted by Gasteiger charge is 2.11. The second-order valence-corrected chi connectivity index (χ2v) is 5.50. The molecule has 0 aliphatic heterocycles. The van der Waals surface area contributed by atoms with Gasteiger partial charge in [-0.25, -0.2) is 4.98 Å². The minimum Gasteiger partial charge on any atom is -0.494 e. The van der Waals surface area contributed by atoms with Crippen LogP contribution in [0.25, 0.3) is 0 Å². The van der Waals surface area contributed by atoms with Gasteiger partial charge in [-0.05, 0) is 25.5 Å². The Labute approximate surface area is 128 Å². The minimum absolute atomic E-state index is 0.200. The van der Waals surface area contributed by atoms with Crippen LogP contribution in [0, 0.1) is 6.92 Å². The van der Waals surface area contributed by atoms with Crippen molar-refractivity contribution in [1.29, 1.82) is 0 Å². The molecule has 0 radical (unpaired) electrons. The van der Waals surface area contributed by atoms with Crippen molar-refractivity contribution in [1.82, 2.24) is 10.3 Å². The third kappa shape index (κ3) is 4.03. The van der Waals surface area contributed by atoms with Gasteiger partial charge in [0.2, 0.25) is 0 Å². The fourth-order valence-corrected chi connectivity index (χ4v) is 2.53. The summed E-state index contributed by atoms with van der Waals surface area (Å²) >= 11 is 1.39. The summed E-state index contributed by atoms with van der Waals surface area (Å²) in [6.07, 6.45) is 0. The van der Waals surface area contributed by atoms with E-state index >= 15 is 0 Å². The SMILES string of the molecule is CCOc1cc(C)ccc1CNC(=O)c1csc(CN)n1.